The van der Waals surface area contributed by atoms with Crippen LogP contribution in [0.25, 0.3) is 11.1 Å². The minimum absolute atomic E-state index is 0.0403. The second-order valence-corrected chi connectivity index (χ2v) is 7.81. The molecule has 4 rings (SSSR count). The van der Waals surface area contributed by atoms with Crippen LogP contribution in [-0.2, 0) is 4.74 Å². The fourth-order valence-electron chi connectivity index (χ4n) is 3.98. The zero-order valence-electron chi connectivity index (χ0n) is 16.9. The molecule has 2 unspecified atom stereocenters. The third-order valence-corrected chi connectivity index (χ3v) is 5.60. The normalized spacial score (nSPS) is 22.1. The van der Waals surface area contributed by atoms with Gasteiger partial charge in [-0.2, -0.15) is 0 Å². The van der Waals surface area contributed by atoms with Crippen molar-refractivity contribution in [2.24, 2.45) is 4.99 Å². The van der Waals surface area contributed by atoms with E-state index >= 15 is 0 Å². The van der Waals surface area contributed by atoms with Crippen LogP contribution in [0.5, 0.6) is 5.75 Å². The third kappa shape index (κ3) is 5.14. The highest BCUT2D eigenvalue weighted by molar-refractivity contribution is 5.95. The monoisotopic (exact) mass is 418 g/mol. The molecule has 0 N–H and O–H groups in total. The number of likely N-dealkylation sites (tertiary alicyclic amines) is 1. The van der Waals surface area contributed by atoms with E-state index in [0.717, 1.165) is 24.1 Å². The first-order valence-corrected chi connectivity index (χ1v) is 10.3. The summed E-state index contributed by atoms with van der Waals surface area (Å²) in [5, 5.41) is 0. The Kier molecular flexibility index (Phi) is 5.99. The van der Waals surface area contributed by atoms with Crippen LogP contribution in [0.3, 0.4) is 0 Å². The molecule has 0 amide bonds. The van der Waals surface area contributed by atoms with Gasteiger partial charge in [0.1, 0.15) is 11.9 Å². The van der Waals surface area contributed by atoms with E-state index in [1.54, 1.807) is 12.1 Å². The lowest BCUT2D eigenvalue weighted by Crippen LogP contribution is -2.27. The quantitative estimate of drug-likeness (QED) is 0.641. The molecule has 2 heterocycles. The highest BCUT2D eigenvalue weighted by atomic mass is 19.4. The van der Waals surface area contributed by atoms with Crippen LogP contribution in [-0.4, -0.2) is 48.9 Å². The molecule has 7 heteroatoms. The average Bonchev–Trinajstić information content (AvgIpc) is 3.35. The molecular formula is C23H25F3N2O2. The maximum atomic E-state index is 12.5. The van der Waals surface area contributed by atoms with Crippen molar-refractivity contribution in [3.63, 3.8) is 0 Å². The van der Waals surface area contributed by atoms with Gasteiger partial charge in [0.15, 0.2) is 0 Å². The molecule has 0 aromatic heterocycles. The number of benzene rings is 2. The first-order valence-electron chi connectivity index (χ1n) is 10.3. The van der Waals surface area contributed by atoms with Crippen LogP contribution in [0.4, 0.5) is 13.2 Å². The van der Waals surface area contributed by atoms with Gasteiger partial charge < -0.3 is 14.4 Å². The summed E-state index contributed by atoms with van der Waals surface area (Å²) in [6.07, 6.45) is -1.12. The number of hydrogen-bond acceptors (Lipinski definition) is 4. The predicted molar refractivity (Wildman–Crippen MR) is 110 cm³/mol. The number of hydrogen-bond donors (Lipinski definition) is 0. The van der Waals surface area contributed by atoms with E-state index in [1.165, 1.54) is 38.1 Å². The summed E-state index contributed by atoms with van der Waals surface area (Å²) in [4.78, 5) is 7.26. The maximum absolute atomic E-state index is 12.5. The first-order chi connectivity index (χ1) is 14.4. The summed E-state index contributed by atoms with van der Waals surface area (Å²) >= 11 is 0. The lowest BCUT2D eigenvalue weighted by atomic mass is 10.0. The summed E-state index contributed by atoms with van der Waals surface area (Å²) in [5.74, 6) is 0.400. The molecule has 4 nitrogen and oxygen atoms in total. The number of aliphatic imine (C=N–C) groups is 1. The Morgan fingerprint density at radius 3 is 2.43 bits per heavy atom. The molecule has 1 saturated heterocycles. The van der Waals surface area contributed by atoms with Gasteiger partial charge in [-0.15, -0.1) is 13.2 Å². The zero-order chi connectivity index (χ0) is 21.1. The average molecular weight is 418 g/mol. The van der Waals surface area contributed by atoms with Gasteiger partial charge in [0.25, 0.3) is 0 Å². The number of ether oxygens (including phenoxy) is 2. The van der Waals surface area contributed by atoms with Crippen LogP contribution in [0.1, 0.15) is 31.7 Å². The molecule has 0 saturated carbocycles. The van der Waals surface area contributed by atoms with E-state index in [4.69, 9.17) is 9.73 Å². The third-order valence-electron chi connectivity index (χ3n) is 5.60. The van der Waals surface area contributed by atoms with Gasteiger partial charge in [-0.1, -0.05) is 24.3 Å². The summed E-state index contributed by atoms with van der Waals surface area (Å²) in [5.41, 5.74) is 2.31. The lowest BCUT2D eigenvalue weighted by molar-refractivity contribution is -0.274. The number of halogens is 3. The molecule has 0 bridgehead atoms. The van der Waals surface area contributed by atoms with Crippen molar-refractivity contribution in [1.82, 2.24) is 4.90 Å². The predicted octanol–water partition coefficient (Wildman–Crippen LogP) is 5.27. The minimum atomic E-state index is -4.71. The summed E-state index contributed by atoms with van der Waals surface area (Å²) in [7, 11) is 0. The van der Waals surface area contributed by atoms with Crippen molar-refractivity contribution in [3.05, 3.63) is 54.1 Å². The second-order valence-electron chi connectivity index (χ2n) is 7.81. The van der Waals surface area contributed by atoms with E-state index in [9.17, 15) is 13.2 Å². The topological polar surface area (TPSA) is 34.1 Å². The van der Waals surface area contributed by atoms with Crippen LogP contribution in [0.2, 0.25) is 0 Å². The summed E-state index contributed by atoms with van der Waals surface area (Å²) in [6, 6.07) is 13.6. The van der Waals surface area contributed by atoms with Crippen LogP contribution >= 0.6 is 0 Å². The van der Waals surface area contributed by atoms with E-state index in [2.05, 4.69) is 9.64 Å². The van der Waals surface area contributed by atoms with Gasteiger partial charge in [-0.05, 0) is 74.7 Å². The van der Waals surface area contributed by atoms with Gasteiger partial charge in [0.2, 0.25) is 5.90 Å². The summed E-state index contributed by atoms with van der Waals surface area (Å²) < 4.78 is 47.4. The Bertz CT molecular complexity index is 890. The maximum Gasteiger partial charge on any atom is 0.573 e. The lowest BCUT2D eigenvalue weighted by Gasteiger charge is -2.18. The van der Waals surface area contributed by atoms with Gasteiger partial charge >= 0.3 is 6.36 Å². The van der Waals surface area contributed by atoms with Gasteiger partial charge in [0.05, 0.1) is 6.04 Å². The molecule has 30 heavy (non-hydrogen) atoms. The Morgan fingerprint density at radius 2 is 1.73 bits per heavy atom. The van der Waals surface area contributed by atoms with Gasteiger partial charge in [-0.3, -0.25) is 0 Å². The molecule has 2 atom stereocenters. The van der Waals surface area contributed by atoms with Gasteiger partial charge in [0, 0.05) is 12.1 Å². The first kappa shape index (κ1) is 20.7. The van der Waals surface area contributed by atoms with E-state index in [-0.39, 0.29) is 17.9 Å². The van der Waals surface area contributed by atoms with Crippen molar-refractivity contribution in [1.29, 1.82) is 0 Å². The van der Waals surface area contributed by atoms with Crippen LogP contribution < -0.4 is 4.74 Å². The largest absolute Gasteiger partial charge is 0.573 e. The fourth-order valence-corrected chi connectivity index (χ4v) is 3.98. The second kappa shape index (κ2) is 8.68. The molecular weight excluding hydrogens is 393 g/mol. The molecule has 1 fully saturated rings. The molecule has 2 aromatic carbocycles. The van der Waals surface area contributed by atoms with Crippen LogP contribution in [0.15, 0.2) is 53.5 Å². The number of alkyl halides is 3. The Balaban J connectivity index is 1.43. The molecule has 0 spiro atoms. The molecule has 2 aromatic rings. The molecule has 0 radical (unpaired) electrons. The Morgan fingerprint density at radius 1 is 1.03 bits per heavy atom. The summed E-state index contributed by atoms with van der Waals surface area (Å²) in [6.45, 7) is 5.44. The van der Waals surface area contributed by atoms with Crippen molar-refractivity contribution >= 4 is 5.90 Å². The Hall–Kier alpha value is -2.54. The Labute approximate surface area is 174 Å². The molecule has 2 aliphatic rings. The highest BCUT2D eigenvalue weighted by Crippen LogP contribution is 2.29. The van der Waals surface area contributed by atoms with Crippen LogP contribution in [0, 0.1) is 0 Å². The minimum Gasteiger partial charge on any atom is -0.472 e. The number of rotatable bonds is 6. The number of nitrogens with zero attached hydrogens (tertiary/aromatic N) is 2. The van der Waals surface area contributed by atoms with Crippen molar-refractivity contribution in [2.45, 2.75) is 44.7 Å². The van der Waals surface area contributed by atoms with Crippen molar-refractivity contribution in [3.8, 4) is 16.9 Å². The van der Waals surface area contributed by atoms with E-state index in [1.807, 2.05) is 31.2 Å². The van der Waals surface area contributed by atoms with Crippen molar-refractivity contribution in [2.75, 3.05) is 19.6 Å². The molecule has 160 valence electrons. The molecule has 2 aliphatic heterocycles. The van der Waals surface area contributed by atoms with Crippen molar-refractivity contribution < 1.29 is 22.6 Å². The van der Waals surface area contributed by atoms with Gasteiger partial charge in [-0.25, -0.2) is 4.99 Å². The highest BCUT2D eigenvalue weighted by Gasteiger charge is 2.31. The fraction of sp³-hybridized carbons (Fsp3) is 0.435. The smallest absolute Gasteiger partial charge is 0.472 e. The van der Waals surface area contributed by atoms with E-state index in [0.29, 0.717) is 11.5 Å². The molecule has 0 aliphatic carbocycles. The standard InChI is InChI=1S/C23H25F3N2O2/c1-16-21(11-14-28-12-2-3-13-28)27-22(29-16)18-9-7-17(8-10-18)19-5-4-6-20(15-19)30-23(24,25)26/h4-10,15-16,21H,2-3,11-14H2,1H3. The van der Waals surface area contributed by atoms with E-state index < -0.39 is 6.36 Å². The zero-order valence-corrected chi connectivity index (χ0v) is 16.9. The SMILES string of the molecule is CC1OC(c2ccc(-c3cccc(OC(F)(F)F)c3)cc2)=NC1CCN1CCCC1.